The van der Waals surface area contributed by atoms with Gasteiger partial charge in [-0.25, -0.2) is 0 Å². The molecule has 1 heterocycles. The van der Waals surface area contributed by atoms with E-state index in [0.29, 0.717) is 23.4 Å². The van der Waals surface area contributed by atoms with Crippen LogP contribution in [-0.4, -0.2) is 64.8 Å². The van der Waals surface area contributed by atoms with Gasteiger partial charge in [0.15, 0.2) is 0 Å². The first-order chi connectivity index (χ1) is 16.2. The number of methoxy groups -OCH3 is 1. The van der Waals surface area contributed by atoms with E-state index in [4.69, 9.17) is 4.74 Å². The number of nitro groups is 1. The summed E-state index contributed by atoms with van der Waals surface area (Å²) in [6.45, 7) is 8.22. The highest BCUT2D eigenvalue weighted by Crippen LogP contribution is 2.40. The Morgan fingerprint density at radius 1 is 1.15 bits per heavy atom. The number of hydrogen-bond acceptors (Lipinski definition) is 7. The van der Waals surface area contributed by atoms with Crippen LogP contribution >= 0.6 is 0 Å². The van der Waals surface area contributed by atoms with Gasteiger partial charge in [-0.15, -0.1) is 0 Å². The topological polar surface area (TPSA) is 113 Å². The average molecular weight is 468 g/mol. The lowest BCUT2D eigenvalue weighted by Crippen LogP contribution is -2.38. The standard InChI is InChI=1S/C25H29N3O6/c1-5-26(6-2)13-14-27-22(17-7-10-19(11-8-17)28(32)33)21(24(30)25(27)31)23(29)18-9-12-20(34-4)16(3)15-18/h7-12,15,22,29H,5-6,13-14H2,1-4H3/b23-21+/t22-/m0/s1. The van der Waals surface area contributed by atoms with Crippen LogP contribution in [0.2, 0.25) is 0 Å². The second kappa shape index (κ2) is 10.5. The molecule has 1 aliphatic rings. The van der Waals surface area contributed by atoms with Crippen LogP contribution in [0.5, 0.6) is 5.75 Å². The number of rotatable bonds is 9. The molecule has 0 spiro atoms. The quantitative estimate of drug-likeness (QED) is 0.197. The lowest BCUT2D eigenvalue weighted by atomic mass is 9.94. The maximum atomic E-state index is 13.1. The minimum atomic E-state index is -0.862. The van der Waals surface area contributed by atoms with E-state index in [1.54, 1.807) is 18.2 Å². The van der Waals surface area contributed by atoms with E-state index < -0.39 is 22.7 Å². The number of aliphatic hydroxyl groups is 1. The number of carbonyl (C=O) groups excluding carboxylic acids is 2. The number of nitrogens with zero attached hydrogens (tertiary/aromatic N) is 3. The molecule has 0 unspecified atom stereocenters. The smallest absolute Gasteiger partial charge is 0.295 e. The number of carbonyl (C=O) groups is 2. The van der Waals surface area contributed by atoms with Gasteiger partial charge >= 0.3 is 0 Å². The van der Waals surface area contributed by atoms with Crippen molar-refractivity contribution in [2.45, 2.75) is 26.8 Å². The predicted molar refractivity (Wildman–Crippen MR) is 128 cm³/mol. The summed E-state index contributed by atoms with van der Waals surface area (Å²) >= 11 is 0. The van der Waals surface area contributed by atoms with Crippen molar-refractivity contribution >= 4 is 23.1 Å². The van der Waals surface area contributed by atoms with Crippen molar-refractivity contribution in [3.8, 4) is 5.75 Å². The molecular formula is C25H29N3O6. The summed E-state index contributed by atoms with van der Waals surface area (Å²) in [4.78, 5) is 40.3. The van der Waals surface area contributed by atoms with Crippen LogP contribution in [0.25, 0.3) is 5.76 Å². The molecule has 1 saturated heterocycles. The summed E-state index contributed by atoms with van der Waals surface area (Å²) < 4.78 is 5.27. The third-order valence-electron chi connectivity index (χ3n) is 6.18. The largest absolute Gasteiger partial charge is 0.507 e. The molecule has 0 aromatic heterocycles. The zero-order chi connectivity index (χ0) is 25.0. The van der Waals surface area contributed by atoms with Crippen LogP contribution in [0.4, 0.5) is 5.69 Å². The molecule has 1 amide bonds. The summed E-state index contributed by atoms with van der Waals surface area (Å²) in [7, 11) is 1.54. The molecular weight excluding hydrogens is 438 g/mol. The van der Waals surface area contributed by atoms with Crippen LogP contribution in [0.15, 0.2) is 48.0 Å². The molecule has 1 N–H and O–H groups in total. The van der Waals surface area contributed by atoms with Crippen LogP contribution in [0.1, 0.15) is 36.6 Å². The number of aryl methyl sites for hydroxylation is 1. The number of aliphatic hydroxyl groups excluding tert-OH is 1. The van der Waals surface area contributed by atoms with Gasteiger partial charge in [0, 0.05) is 30.8 Å². The number of likely N-dealkylation sites (tertiary alicyclic amines) is 1. The highest BCUT2D eigenvalue weighted by Gasteiger charge is 2.46. The predicted octanol–water partition coefficient (Wildman–Crippen LogP) is 3.68. The second-order valence-corrected chi connectivity index (χ2v) is 8.05. The molecule has 1 fully saturated rings. The van der Waals surface area contributed by atoms with Gasteiger partial charge in [0.05, 0.1) is 23.6 Å². The number of nitro benzene ring substituents is 1. The van der Waals surface area contributed by atoms with E-state index in [1.165, 1.54) is 36.3 Å². The highest BCUT2D eigenvalue weighted by atomic mass is 16.6. The third-order valence-corrected chi connectivity index (χ3v) is 6.18. The van der Waals surface area contributed by atoms with E-state index in [1.807, 2.05) is 20.8 Å². The van der Waals surface area contributed by atoms with Gasteiger partial charge in [0.1, 0.15) is 11.5 Å². The van der Waals surface area contributed by atoms with Crippen molar-refractivity contribution in [2.24, 2.45) is 0 Å². The van der Waals surface area contributed by atoms with Crippen LogP contribution in [0, 0.1) is 17.0 Å². The fourth-order valence-electron chi connectivity index (χ4n) is 4.21. The molecule has 0 radical (unpaired) electrons. The highest BCUT2D eigenvalue weighted by molar-refractivity contribution is 6.46. The zero-order valence-corrected chi connectivity index (χ0v) is 19.8. The Labute approximate surface area is 198 Å². The van der Waals surface area contributed by atoms with Gasteiger partial charge in [0.2, 0.25) is 0 Å². The van der Waals surface area contributed by atoms with Gasteiger partial charge in [-0.1, -0.05) is 13.8 Å². The lowest BCUT2D eigenvalue weighted by Gasteiger charge is -2.28. The van der Waals surface area contributed by atoms with Gasteiger partial charge < -0.3 is 19.6 Å². The summed E-state index contributed by atoms with van der Waals surface area (Å²) in [5.74, 6) is -1.16. The first kappa shape index (κ1) is 24.9. The minimum Gasteiger partial charge on any atom is -0.507 e. The molecule has 9 nitrogen and oxygen atoms in total. The van der Waals surface area contributed by atoms with Crippen molar-refractivity contribution in [1.82, 2.24) is 9.80 Å². The first-order valence-electron chi connectivity index (χ1n) is 11.1. The molecule has 1 atom stereocenters. The lowest BCUT2D eigenvalue weighted by molar-refractivity contribution is -0.384. The molecule has 2 aromatic rings. The maximum Gasteiger partial charge on any atom is 0.295 e. The van der Waals surface area contributed by atoms with Crippen LogP contribution < -0.4 is 4.74 Å². The normalized spacial score (nSPS) is 17.4. The number of amides is 1. The van der Waals surface area contributed by atoms with E-state index in [2.05, 4.69) is 4.90 Å². The van der Waals surface area contributed by atoms with Crippen molar-refractivity contribution in [1.29, 1.82) is 0 Å². The molecule has 180 valence electrons. The third kappa shape index (κ3) is 4.79. The summed E-state index contributed by atoms with van der Waals surface area (Å²) in [6, 6.07) is 9.83. The average Bonchev–Trinajstić information content (AvgIpc) is 3.09. The van der Waals surface area contributed by atoms with E-state index in [0.717, 1.165) is 18.7 Å². The van der Waals surface area contributed by atoms with Gasteiger partial charge in [0.25, 0.3) is 17.4 Å². The molecule has 1 aliphatic heterocycles. The molecule has 34 heavy (non-hydrogen) atoms. The first-order valence-corrected chi connectivity index (χ1v) is 11.1. The van der Waals surface area contributed by atoms with E-state index in [9.17, 15) is 24.8 Å². The number of Topliss-reactive ketones (excluding diaryl/α,β-unsaturated/α-hetero) is 1. The SMILES string of the molecule is CCN(CC)CCN1C(=O)C(=O)/C(=C(/O)c2ccc(OC)c(C)c2)[C@@H]1c1ccc([N+](=O)[O-])cc1. The maximum absolute atomic E-state index is 13.1. The fraction of sp³-hybridized carbons (Fsp3) is 0.360. The monoisotopic (exact) mass is 467 g/mol. The Bertz CT molecular complexity index is 1120. The van der Waals surface area contributed by atoms with Gasteiger partial charge in [-0.05, 0) is 61.5 Å². The summed E-state index contributed by atoms with van der Waals surface area (Å²) in [6.07, 6.45) is 0. The minimum absolute atomic E-state index is 0.0389. The Balaban J connectivity index is 2.12. The number of ether oxygens (including phenoxy) is 1. The zero-order valence-electron chi connectivity index (χ0n) is 19.8. The Hall–Kier alpha value is -3.72. The van der Waals surface area contributed by atoms with Crippen molar-refractivity contribution in [2.75, 3.05) is 33.3 Å². The van der Waals surface area contributed by atoms with E-state index >= 15 is 0 Å². The fourth-order valence-corrected chi connectivity index (χ4v) is 4.21. The van der Waals surface area contributed by atoms with Crippen LogP contribution in [0.3, 0.4) is 0 Å². The second-order valence-electron chi connectivity index (χ2n) is 8.05. The molecule has 0 bridgehead atoms. The van der Waals surface area contributed by atoms with E-state index in [-0.39, 0.29) is 23.6 Å². The Kier molecular flexibility index (Phi) is 7.68. The van der Waals surface area contributed by atoms with Gasteiger partial charge in [-0.3, -0.25) is 19.7 Å². The summed E-state index contributed by atoms with van der Waals surface area (Å²) in [5.41, 5.74) is 1.51. The number of ketones is 1. The number of benzene rings is 2. The number of hydrogen-bond donors (Lipinski definition) is 1. The van der Waals surface area contributed by atoms with Crippen molar-refractivity contribution in [3.05, 3.63) is 74.8 Å². The van der Waals surface area contributed by atoms with Gasteiger partial charge in [-0.2, -0.15) is 0 Å². The Morgan fingerprint density at radius 2 is 1.79 bits per heavy atom. The van der Waals surface area contributed by atoms with Crippen LogP contribution in [-0.2, 0) is 9.59 Å². The molecule has 0 saturated carbocycles. The Morgan fingerprint density at radius 3 is 2.32 bits per heavy atom. The molecule has 9 heteroatoms. The number of non-ortho nitro benzene ring substituents is 1. The number of likely N-dealkylation sites (N-methyl/N-ethyl adjacent to an activating group) is 1. The van der Waals surface area contributed by atoms with Crippen molar-refractivity contribution < 1.29 is 24.4 Å². The molecule has 0 aliphatic carbocycles. The van der Waals surface area contributed by atoms with Crippen molar-refractivity contribution in [3.63, 3.8) is 0 Å². The molecule has 3 rings (SSSR count). The molecule has 2 aromatic carbocycles. The summed E-state index contributed by atoms with van der Waals surface area (Å²) in [5, 5.41) is 22.3.